The maximum absolute atomic E-state index is 5.55. The average molecular weight is 275 g/mol. The van der Waals surface area contributed by atoms with Crippen molar-refractivity contribution >= 4 is 11.3 Å². The van der Waals surface area contributed by atoms with Crippen molar-refractivity contribution in [3.05, 3.63) is 51.5 Å². The molecule has 19 heavy (non-hydrogen) atoms. The highest BCUT2D eigenvalue weighted by atomic mass is 32.1. The molecular weight excluding hydrogens is 254 g/mol. The van der Waals surface area contributed by atoms with Crippen molar-refractivity contribution in [2.45, 2.75) is 26.4 Å². The smallest absolute Gasteiger partial charge is 0.0897 e. The first-order valence-electron chi connectivity index (χ1n) is 6.55. The topological polar surface area (TPSA) is 42.2 Å². The lowest BCUT2D eigenvalue weighted by Gasteiger charge is -2.15. The molecule has 0 amide bonds. The molecule has 4 heteroatoms. The highest BCUT2D eigenvalue weighted by Gasteiger charge is 2.04. The summed E-state index contributed by atoms with van der Waals surface area (Å²) in [6.45, 7) is 4.60. The number of aromatic nitrogens is 1. The summed E-state index contributed by atoms with van der Waals surface area (Å²) in [5.41, 5.74) is 9.35. The van der Waals surface area contributed by atoms with Crippen LogP contribution in [0, 0.1) is 6.92 Å². The van der Waals surface area contributed by atoms with Crippen molar-refractivity contribution in [1.29, 1.82) is 0 Å². The van der Waals surface area contributed by atoms with Crippen LogP contribution in [0.3, 0.4) is 0 Å². The number of nitrogens with zero attached hydrogens (tertiary/aromatic N) is 2. The molecule has 0 aliphatic carbocycles. The summed E-state index contributed by atoms with van der Waals surface area (Å²) in [4.78, 5) is 6.78. The highest BCUT2D eigenvalue weighted by molar-refractivity contribution is 7.09. The van der Waals surface area contributed by atoms with Crippen molar-refractivity contribution in [1.82, 2.24) is 9.88 Å². The average Bonchev–Trinajstić information content (AvgIpc) is 2.77. The van der Waals surface area contributed by atoms with E-state index in [1.54, 1.807) is 11.3 Å². The van der Waals surface area contributed by atoms with Crippen LogP contribution in [-0.4, -0.2) is 23.5 Å². The van der Waals surface area contributed by atoms with Crippen LogP contribution in [0.1, 0.15) is 21.8 Å². The Kier molecular flexibility index (Phi) is 5.07. The highest BCUT2D eigenvalue weighted by Crippen LogP contribution is 2.12. The molecule has 3 nitrogen and oxygen atoms in total. The molecule has 0 radical (unpaired) electrons. The molecule has 1 aromatic carbocycles. The van der Waals surface area contributed by atoms with Gasteiger partial charge in [-0.3, -0.25) is 4.90 Å². The van der Waals surface area contributed by atoms with Gasteiger partial charge >= 0.3 is 0 Å². The Morgan fingerprint density at radius 3 is 2.42 bits per heavy atom. The quantitative estimate of drug-likeness (QED) is 0.881. The number of thiazole rings is 1. The Bertz CT molecular complexity index is 504. The van der Waals surface area contributed by atoms with Gasteiger partial charge in [0.25, 0.3) is 0 Å². The predicted molar refractivity (Wildman–Crippen MR) is 81.2 cm³/mol. The summed E-state index contributed by atoms with van der Waals surface area (Å²) in [5.74, 6) is 0. The molecule has 0 aliphatic heterocycles. The summed E-state index contributed by atoms with van der Waals surface area (Å²) >= 11 is 1.71. The SMILES string of the molecule is Cc1nc(CN(C)Cc2ccc(CCN)cc2)cs1. The van der Waals surface area contributed by atoms with E-state index >= 15 is 0 Å². The van der Waals surface area contributed by atoms with Crippen LogP contribution >= 0.6 is 11.3 Å². The fourth-order valence-corrected chi connectivity index (χ4v) is 2.71. The third-order valence-corrected chi connectivity index (χ3v) is 3.83. The van der Waals surface area contributed by atoms with E-state index in [4.69, 9.17) is 5.73 Å². The van der Waals surface area contributed by atoms with Gasteiger partial charge < -0.3 is 5.73 Å². The van der Waals surface area contributed by atoms with Crippen LogP contribution < -0.4 is 5.73 Å². The second-order valence-electron chi connectivity index (χ2n) is 4.89. The molecule has 1 aromatic heterocycles. The Balaban J connectivity index is 1.89. The predicted octanol–water partition coefficient (Wildman–Crippen LogP) is 2.58. The molecule has 0 aliphatic rings. The molecule has 0 fully saturated rings. The summed E-state index contributed by atoms with van der Waals surface area (Å²) in [6, 6.07) is 8.72. The van der Waals surface area contributed by atoms with Gasteiger partial charge in [-0.05, 0) is 38.1 Å². The monoisotopic (exact) mass is 275 g/mol. The van der Waals surface area contributed by atoms with Gasteiger partial charge in [-0.2, -0.15) is 0 Å². The van der Waals surface area contributed by atoms with E-state index in [2.05, 4.69) is 46.6 Å². The first kappa shape index (κ1) is 14.2. The Morgan fingerprint density at radius 1 is 1.16 bits per heavy atom. The third kappa shape index (κ3) is 4.42. The molecule has 0 bridgehead atoms. The molecule has 2 rings (SSSR count). The normalized spacial score (nSPS) is 11.2. The lowest BCUT2D eigenvalue weighted by molar-refractivity contribution is 0.315. The lowest BCUT2D eigenvalue weighted by Crippen LogP contribution is -2.17. The lowest BCUT2D eigenvalue weighted by atomic mass is 10.1. The minimum absolute atomic E-state index is 0.711. The summed E-state index contributed by atoms with van der Waals surface area (Å²) in [6.07, 6.45) is 0.953. The second kappa shape index (κ2) is 6.80. The van der Waals surface area contributed by atoms with Crippen molar-refractivity contribution in [3.8, 4) is 0 Å². The zero-order chi connectivity index (χ0) is 13.7. The van der Waals surface area contributed by atoms with Crippen LogP contribution in [0.4, 0.5) is 0 Å². The van der Waals surface area contributed by atoms with Crippen LogP contribution in [0.2, 0.25) is 0 Å². The minimum Gasteiger partial charge on any atom is -0.330 e. The van der Waals surface area contributed by atoms with Crippen LogP contribution in [0.25, 0.3) is 0 Å². The molecular formula is C15H21N3S. The molecule has 0 atom stereocenters. The largest absolute Gasteiger partial charge is 0.330 e. The molecule has 102 valence electrons. The molecule has 0 saturated carbocycles. The number of nitrogens with two attached hydrogens (primary N) is 1. The van der Waals surface area contributed by atoms with E-state index in [0.717, 1.165) is 30.2 Å². The second-order valence-corrected chi connectivity index (χ2v) is 5.95. The number of hydrogen-bond acceptors (Lipinski definition) is 4. The Hall–Kier alpha value is -1.23. The maximum Gasteiger partial charge on any atom is 0.0897 e. The van der Waals surface area contributed by atoms with Gasteiger partial charge in [0, 0.05) is 18.5 Å². The summed E-state index contributed by atoms with van der Waals surface area (Å²) in [7, 11) is 2.13. The standard InChI is InChI=1S/C15H21N3S/c1-12-17-15(11-19-12)10-18(2)9-14-5-3-13(4-6-14)7-8-16/h3-6,11H,7-10,16H2,1-2H3. The Labute approximate surface area is 119 Å². The van der Waals surface area contributed by atoms with Crippen LogP contribution in [-0.2, 0) is 19.5 Å². The number of benzene rings is 1. The van der Waals surface area contributed by atoms with Gasteiger partial charge in [0.1, 0.15) is 0 Å². The van der Waals surface area contributed by atoms with Gasteiger partial charge in [-0.15, -0.1) is 11.3 Å². The Morgan fingerprint density at radius 2 is 1.84 bits per heavy atom. The number of rotatable bonds is 6. The van der Waals surface area contributed by atoms with Crippen molar-refractivity contribution < 1.29 is 0 Å². The van der Waals surface area contributed by atoms with E-state index in [1.807, 2.05) is 6.92 Å². The van der Waals surface area contributed by atoms with Gasteiger partial charge in [-0.1, -0.05) is 24.3 Å². The minimum atomic E-state index is 0.711. The van der Waals surface area contributed by atoms with E-state index in [1.165, 1.54) is 11.1 Å². The van der Waals surface area contributed by atoms with E-state index in [9.17, 15) is 0 Å². The number of aryl methyl sites for hydroxylation is 1. The van der Waals surface area contributed by atoms with Crippen molar-refractivity contribution in [2.75, 3.05) is 13.6 Å². The van der Waals surface area contributed by atoms with Gasteiger partial charge in [-0.25, -0.2) is 4.98 Å². The molecule has 2 N–H and O–H groups in total. The van der Waals surface area contributed by atoms with E-state index in [0.29, 0.717) is 6.54 Å². The third-order valence-electron chi connectivity index (χ3n) is 3.01. The van der Waals surface area contributed by atoms with Crippen LogP contribution in [0.5, 0.6) is 0 Å². The van der Waals surface area contributed by atoms with Crippen molar-refractivity contribution in [3.63, 3.8) is 0 Å². The zero-order valence-corrected chi connectivity index (χ0v) is 12.4. The number of hydrogen-bond donors (Lipinski definition) is 1. The molecule has 0 saturated heterocycles. The van der Waals surface area contributed by atoms with E-state index in [-0.39, 0.29) is 0 Å². The molecule has 0 spiro atoms. The van der Waals surface area contributed by atoms with Crippen LogP contribution in [0.15, 0.2) is 29.6 Å². The molecule has 2 aromatic rings. The van der Waals surface area contributed by atoms with Gasteiger partial charge in [0.05, 0.1) is 10.7 Å². The maximum atomic E-state index is 5.55. The summed E-state index contributed by atoms with van der Waals surface area (Å²) in [5, 5.41) is 3.27. The fraction of sp³-hybridized carbons (Fsp3) is 0.400. The van der Waals surface area contributed by atoms with Gasteiger partial charge in [0.15, 0.2) is 0 Å². The van der Waals surface area contributed by atoms with Crippen molar-refractivity contribution in [2.24, 2.45) is 5.73 Å². The molecule has 0 unspecified atom stereocenters. The van der Waals surface area contributed by atoms with E-state index < -0.39 is 0 Å². The van der Waals surface area contributed by atoms with Gasteiger partial charge in [0.2, 0.25) is 0 Å². The fourth-order valence-electron chi connectivity index (χ4n) is 2.10. The molecule has 1 heterocycles. The first-order chi connectivity index (χ1) is 9.17. The zero-order valence-electron chi connectivity index (χ0n) is 11.6. The first-order valence-corrected chi connectivity index (χ1v) is 7.43. The summed E-state index contributed by atoms with van der Waals surface area (Å²) < 4.78 is 0.